The molecule has 128 valence electrons. The highest BCUT2D eigenvalue weighted by Gasteiger charge is 2.31. The molecular formula is C18H18F3NOS. The first-order valence-corrected chi connectivity index (χ1v) is 8.69. The molecule has 1 fully saturated rings. The average molecular weight is 353 g/mol. The molecule has 1 aromatic heterocycles. The summed E-state index contributed by atoms with van der Waals surface area (Å²) in [7, 11) is 0. The van der Waals surface area contributed by atoms with Crippen LogP contribution in [0.25, 0.3) is 0 Å². The molecule has 0 amide bonds. The minimum Gasteiger partial charge on any atom is -0.372 e. The molecule has 0 aliphatic carbocycles. The Bertz CT molecular complexity index is 705. The predicted octanol–water partition coefficient (Wildman–Crippen LogP) is 5.42. The molecule has 24 heavy (non-hydrogen) atoms. The second-order valence-electron chi connectivity index (χ2n) is 5.85. The van der Waals surface area contributed by atoms with E-state index in [1.807, 2.05) is 25.1 Å². The Labute approximate surface area is 143 Å². The summed E-state index contributed by atoms with van der Waals surface area (Å²) in [6.07, 6.45) is -2.83. The third-order valence-corrected chi connectivity index (χ3v) is 5.23. The van der Waals surface area contributed by atoms with Gasteiger partial charge in [0.25, 0.3) is 0 Å². The van der Waals surface area contributed by atoms with Gasteiger partial charge in [0.05, 0.1) is 11.3 Å². The maximum absolute atomic E-state index is 12.8. The first kappa shape index (κ1) is 17.3. The van der Waals surface area contributed by atoms with E-state index in [9.17, 15) is 13.2 Å². The van der Waals surface area contributed by atoms with E-state index in [4.69, 9.17) is 4.74 Å². The van der Waals surface area contributed by atoms with Crippen LogP contribution < -0.4 is 0 Å². The zero-order valence-corrected chi connectivity index (χ0v) is 14.0. The second kappa shape index (κ2) is 7.15. The van der Waals surface area contributed by atoms with Crippen LogP contribution in [-0.2, 0) is 10.9 Å². The fourth-order valence-corrected chi connectivity index (χ4v) is 3.98. The van der Waals surface area contributed by atoms with Crippen molar-refractivity contribution in [2.24, 2.45) is 0 Å². The predicted molar refractivity (Wildman–Crippen MR) is 88.0 cm³/mol. The second-order valence-corrected chi connectivity index (χ2v) is 7.23. The number of nitrogens with zero attached hydrogens (tertiary/aromatic N) is 1. The Morgan fingerprint density at radius 2 is 1.96 bits per heavy atom. The quantitative estimate of drug-likeness (QED) is 0.735. The van der Waals surface area contributed by atoms with Gasteiger partial charge in [-0.25, -0.2) is 0 Å². The number of rotatable bonds is 3. The third kappa shape index (κ3) is 4.30. The number of aryl methyl sites for hydroxylation is 1. The van der Waals surface area contributed by atoms with Gasteiger partial charge in [-0.3, -0.25) is 4.98 Å². The Morgan fingerprint density at radius 3 is 2.71 bits per heavy atom. The van der Waals surface area contributed by atoms with Gasteiger partial charge in [-0.1, -0.05) is 12.1 Å². The van der Waals surface area contributed by atoms with E-state index in [1.54, 1.807) is 6.07 Å². The molecule has 0 saturated carbocycles. The molecule has 2 aromatic rings. The summed E-state index contributed by atoms with van der Waals surface area (Å²) in [6, 6.07) is 11.3. The smallest absolute Gasteiger partial charge is 0.372 e. The number of pyridine rings is 1. The van der Waals surface area contributed by atoms with Crippen molar-refractivity contribution in [2.75, 3.05) is 6.61 Å². The van der Waals surface area contributed by atoms with Crippen LogP contribution in [0.3, 0.4) is 0 Å². The molecule has 1 saturated heterocycles. The molecule has 1 aromatic carbocycles. The fraction of sp³-hybridized carbons (Fsp3) is 0.389. The Hall–Kier alpha value is -1.53. The van der Waals surface area contributed by atoms with Crippen molar-refractivity contribution in [1.82, 2.24) is 4.98 Å². The van der Waals surface area contributed by atoms with Crippen LogP contribution in [0.1, 0.15) is 35.9 Å². The third-order valence-electron chi connectivity index (χ3n) is 3.94. The molecule has 0 spiro atoms. The maximum atomic E-state index is 12.8. The minimum absolute atomic E-state index is 0.0954. The summed E-state index contributed by atoms with van der Waals surface area (Å²) >= 11 is 1.49. The lowest BCUT2D eigenvalue weighted by atomic mass is 10.1. The van der Waals surface area contributed by atoms with Crippen LogP contribution in [0.2, 0.25) is 0 Å². The van der Waals surface area contributed by atoms with Crippen molar-refractivity contribution in [3.8, 4) is 0 Å². The molecule has 2 nitrogen and oxygen atoms in total. The molecule has 2 unspecified atom stereocenters. The summed E-state index contributed by atoms with van der Waals surface area (Å²) in [5.41, 5.74) is 1.23. The van der Waals surface area contributed by atoms with E-state index in [0.717, 1.165) is 30.3 Å². The van der Waals surface area contributed by atoms with Crippen LogP contribution in [0.5, 0.6) is 0 Å². The first-order valence-electron chi connectivity index (χ1n) is 7.81. The number of halogens is 3. The number of ether oxygens (including phenoxy) is 1. The number of benzene rings is 1. The number of hydrogen-bond acceptors (Lipinski definition) is 3. The highest BCUT2D eigenvalue weighted by atomic mass is 32.2. The van der Waals surface area contributed by atoms with Crippen LogP contribution in [-0.4, -0.2) is 16.8 Å². The Morgan fingerprint density at radius 1 is 1.17 bits per heavy atom. The molecule has 1 aliphatic heterocycles. The molecule has 1 aliphatic rings. The van der Waals surface area contributed by atoms with Gasteiger partial charge in [0.2, 0.25) is 0 Å². The summed E-state index contributed by atoms with van der Waals surface area (Å²) in [5, 5.41) is 0.217. The molecule has 0 bridgehead atoms. The lowest BCUT2D eigenvalue weighted by Crippen LogP contribution is -2.22. The van der Waals surface area contributed by atoms with E-state index in [2.05, 4.69) is 4.98 Å². The number of hydrogen-bond donors (Lipinski definition) is 0. The summed E-state index contributed by atoms with van der Waals surface area (Å²) in [4.78, 5) is 5.15. The standard InChI is InChI=1S/C18H18F3NOS/c1-12-4-2-7-16(22-12)17-11-15(8-9-23-17)24-14-6-3-5-13(10-14)18(19,20)21/h2-7,10,15,17H,8-9,11H2,1H3. The van der Waals surface area contributed by atoms with E-state index >= 15 is 0 Å². The van der Waals surface area contributed by atoms with Gasteiger partial charge in [-0.2, -0.15) is 13.2 Å². The highest BCUT2D eigenvalue weighted by Crippen LogP contribution is 2.38. The summed E-state index contributed by atoms with van der Waals surface area (Å²) < 4.78 is 44.3. The Balaban J connectivity index is 1.70. The van der Waals surface area contributed by atoms with E-state index in [-0.39, 0.29) is 11.4 Å². The van der Waals surface area contributed by atoms with Gasteiger partial charge in [0, 0.05) is 22.4 Å². The number of thioether (sulfide) groups is 1. The minimum atomic E-state index is -4.31. The highest BCUT2D eigenvalue weighted by molar-refractivity contribution is 8.00. The monoisotopic (exact) mass is 353 g/mol. The van der Waals surface area contributed by atoms with E-state index < -0.39 is 11.7 Å². The zero-order chi connectivity index (χ0) is 17.2. The maximum Gasteiger partial charge on any atom is 0.416 e. The summed E-state index contributed by atoms with van der Waals surface area (Å²) in [6.45, 7) is 2.53. The molecule has 0 radical (unpaired) electrons. The van der Waals surface area contributed by atoms with Crippen molar-refractivity contribution in [3.05, 3.63) is 59.4 Å². The molecule has 0 N–H and O–H groups in total. The molecule has 3 rings (SSSR count). The van der Waals surface area contributed by atoms with Gasteiger partial charge >= 0.3 is 6.18 Å². The zero-order valence-electron chi connectivity index (χ0n) is 13.2. The molecule has 2 heterocycles. The van der Waals surface area contributed by atoms with Gasteiger partial charge in [-0.05, 0) is 50.1 Å². The molecule has 2 atom stereocenters. The van der Waals surface area contributed by atoms with Gasteiger partial charge in [-0.15, -0.1) is 11.8 Å². The van der Waals surface area contributed by atoms with Crippen molar-refractivity contribution < 1.29 is 17.9 Å². The SMILES string of the molecule is Cc1cccc(C2CC(Sc3cccc(C(F)(F)F)c3)CCO2)n1. The van der Waals surface area contributed by atoms with E-state index in [0.29, 0.717) is 11.5 Å². The van der Waals surface area contributed by atoms with Crippen molar-refractivity contribution in [1.29, 1.82) is 0 Å². The van der Waals surface area contributed by atoms with Crippen LogP contribution >= 0.6 is 11.8 Å². The molecular weight excluding hydrogens is 335 g/mol. The van der Waals surface area contributed by atoms with Crippen molar-refractivity contribution in [3.63, 3.8) is 0 Å². The topological polar surface area (TPSA) is 22.1 Å². The fourth-order valence-electron chi connectivity index (χ4n) is 2.76. The van der Waals surface area contributed by atoms with Crippen molar-refractivity contribution >= 4 is 11.8 Å². The number of aromatic nitrogens is 1. The van der Waals surface area contributed by atoms with E-state index in [1.165, 1.54) is 23.9 Å². The Kier molecular flexibility index (Phi) is 5.15. The summed E-state index contributed by atoms with van der Waals surface area (Å²) in [5.74, 6) is 0. The lowest BCUT2D eigenvalue weighted by molar-refractivity contribution is -0.137. The normalized spacial score (nSPS) is 21.7. The van der Waals surface area contributed by atoms with Crippen LogP contribution in [0.15, 0.2) is 47.4 Å². The largest absolute Gasteiger partial charge is 0.416 e. The van der Waals surface area contributed by atoms with Gasteiger partial charge < -0.3 is 4.74 Å². The van der Waals surface area contributed by atoms with Gasteiger partial charge in [0.15, 0.2) is 0 Å². The average Bonchev–Trinajstić information content (AvgIpc) is 2.55. The molecule has 6 heteroatoms. The lowest BCUT2D eigenvalue weighted by Gasteiger charge is -2.29. The number of alkyl halides is 3. The van der Waals surface area contributed by atoms with Crippen LogP contribution in [0.4, 0.5) is 13.2 Å². The van der Waals surface area contributed by atoms with Gasteiger partial charge in [0.1, 0.15) is 6.10 Å². The first-order chi connectivity index (χ1) is 11.4. The van der Waals surface area contributed by atoms with Crippen LogP contribution in [0, 0.1) is 6.92 Å². The van der Waals surface area contributed by atoms with Crippen molar-refractivity contribution in [2.45, 2.75) is 42.2 Å².